The van der Waals surface area contributed by atoms with Gasteiger partial charge in [0.15, 0.2) is 0 Å². The predicted octanol–water partition coefficient (Wildman–Crippen LogP) is 2.28. The van der Waals surface area contributed by atoms with Crippen molar-refractivity contribution in [3.63, 3.8) is 0 Å². The molecule has 1 fully saturated rings. The number of rotatable bonds is 6. The molecule has 0 bridgehead atoms. The quantitative estimate of drug-likeness (QED) is 0.816. The van der Waals surface area contributed by atoms with Gasteiger partial charge >= 0.3 is 0 Å². The van der Waals surface area contributed by atoms with Gasteiger partial charge in [0.2, 0.25) is 11.8 Å². The zero-order valence-electron chi connectivity index (χ0n) is 15.0. The molecule has 2 aliphatic carbocycles. The molecule has 0 unspecified atom stereocenters. The van der Waals surface area contributed by atoms with Crippen LogP contribution >= 0.6 is 0 Å². The summed E-state index contributed by atoms with van der Waals surface area (Å²) in [6, 6.07) is 0.392. The fourth-order valence-electron chi connectivity index (χ4n) is 3.04. The molecular formula is C18H31N3O2. The third-order valence-electron chi connectivity index (χ3n) is 4.09. The predicted molar refractivity (Wildman–Crippen MR) is 91.8 cm³/mol. The van der Waals surface area contributed by atoms with Gasteiger partial charge < -0.3 is 10.2 Å². The molecule has 0 aliphatic heterocycles. The van der Waals surface area contributed by atoms with E-state index in [0.717, 1.165) is 25.7 Å². The molecule has 1 saturated carbocycles. The topological polar surface area (TPSA) is 52.7 Å². The van der Waals surface area contributed by atoms with Crippen molar-refractivity contribution in [3.8, 4) is 0 Å². The Kier molecular flexibility index (Phi) is 5.84. The molecule has 5 nitrogen and oxygen atoms in total. The average molecular weight is 321 g/mol. The minimum absolute atomic E-state index is 0.0392. The van der Waals surface area contributed by atoms with E-state index in [2.05, 4.69) is 11.4 Å². The van der Waals surface area contributed by atoms with Gasteiger partial charge in [-0.05, 0) is 66.3 Å². The molecule has 0 aromatic carbocycles. The molecule has 0 atom stereocenters. The van der Waals surface area contributed by atoms with Gasteiger partial charge in [0.25, 0.3) is 0 Å². The van der Waals surface area contributed by atoms with Crippen molar-refractivity contribution in [1.29, 1.82) is 0 Å². The van der Waals surface area contributed by atoms with Crippen molar-refractivity contribution in [2.75, 3.05) is 20.1 Å². The van der Waals surface area contributed by atoms with E-state index < -0.39 is 0 Å². The number of amides is 2. The van der Waals surface area contributed by atoms with E-state index in [-0.39, 0.29) is 23.9 Å². The lowest BCUT2D eigenvalue weighted by atomic mass is 10.0. The van der Waals surface area contributed by atoms with Gasteiger partial charge in [0, 0.05) is 17.3 Å². The van der Waals surface area contributed by atoms with E-state index in [4.69, 9.17) is 0 Å². The number of nitrogens with one attached hydrogen (secondary N) is 1. The highest BCUT2D eigenvalue weighted by Crippen LogP contribution is 2.33. The highest BCUT2D eigenvalue weighted by Gasteiger charge is 2.35. The summed E-state index contributed by atoms with van der Waals surface area (Å²) in [6.07, 6.45) is 8.93. The molecule has 5 heteroatoms. The molecule has 1 N–H and O–H groups in total. The van der Waals surface area contributed by atoms with E-state index in [9.17, 15) is 9.59 Å². The van der Waals surface area contributed by atoms with Crippen molar-refractivity contribution in [2.45, 2.75) is 70.9 Å². The minimum atomic E-state index is -0.241. The maximum absolute atomic E-state index is 12.7. The summed E-state index contributed by atoms with van der Waals surface area (Å²) in [5.74, 6) is 0.0920. The van der Waals surface area contributed by atoms with Crippen LogP contribution in [0.1, 0.15) is 59.3 Å². The van der Waals surface area contributed by atoms with Gasteiger partial charge in [-0.3, -0.25) is 14.5 Å². The van der Waals surface area contributed by atoms with Crippen LogP contribution in [0.25, 0.3) is 0 Å². The third kappa shape index (κ3) is 5.98. The monoisotopic (exact) mass is 321 g/mol. The second-order valence-corrected chi connectivity index (χ2v) is 7.91. The summed E-state index contributed by atoms with van der Waals surface area (Å²) in [5.41, 5.74) is 0.964. The van der Waals surface area contributed by atoms with Crippen LogP contribution < -0.4 is 5.32 Å². The standard InChI is InChI=1S/C18H31N3O2/c1-18(2,3)19-16(22)12-20(4)13-17(23)21(15-10-11-15)14-8-6-5-7-9-14/h8,15H,5-7,9-13H2,1-4H3,(H,19,22). The summed E-state index contributed by atoms with van der Waals surface area (Å²) in [4.78, 5) is 28.5. The normalized spacial score (nSPS) is 18.6. The average Bonchev–Trinajstić information content (AvgIpc) is 3.22. The van der Waals surface area contributed by atoms with E-state index in [1.807, 2.05) is 37.6 Å². The maximum atomic E-state index is 12.7. The van der Waals surface area contributed by atoms with Gasteiger partial charge in [0.1, 0.15) is 0 Å². The van der Waals surface area contributed by atoms with Crippen LogP contribution in [-0.2, 0) is 9.59 Å². The molecule has 0 aromatic heterocycles. The Morgan fingerprint density at radius 2 is 1.91 bits per heavy atom. The number of nitrogens with zero attached hydrogens (tertiary/aromatic N) is 2. The van der Waals surface area contributed by atoms with Gasteiger partial charge in [-0.2, -0.15) is 0 Å². The largest absolute Gasteiger partial charge is 0.350 e. The van der Waals surface area contributed by atoms with Gasteiger partial charge in [-0.15, -0.1) is 0 Å². The Hall–Kier alpha value is -1.36. The summed E-state index contributed by atoms with van der Waals surface area (Å²) in [5, 5.41) is 2.93. The molecule has 23 heavy (non-hydrogen) atoms. The lowest BCUT2D eigenvalue weighted by molar-refractivity contribution is -0.131. The van der Waals surface area contributed by atoms with Crippen LogP contribution in [0.5, 0.6) is 0 Å². The van der Waals surface area contributed by atoms with Gasteiger partial charge in [0.05, 0.1) is 13.1 Å². The fraction of sp³-hybridized carbons (Fsp3) is 0.778. The molecular weight excluding hydrogens is 290 g/mol. The number of allylic oxidation sites excluding steroid dienone is 2. The van der Waals surface area contributed by atoms with Crippen LogP contribution in [0.2, 0.25) is 0 Å². The molecule has 0 radical (unpaired) electrons. The third-order valence-corrected chi connectivity index (χ3v) is 4.09. The molecule has 0 heterocycles. The smallest absolute Gasteiger partial charge is 0.241 e. The molecule has 0 aromatic rings. The Labute approximate surface area is 140 Å². The van der Waals surface area contributed by atoms with Gasteiger partial charge in [-0.25, -0.2) is 0 Å². The van der Waals surface area contributed by atoms with E-state index >= 15 is 0 Å². The summed E-state index contributed by atoms with van der Waals surface area (Å²) in [7, 11) is 1.83. The van der Waals surface area contributed by atoms with E-state index in [1.54, 1.807) is 0 Å². The molecule has 130 valence electrons. The zero-order valence-corrected chi connectivity index (χ0v) is 15.0. The lowest BCUT2D eigenvalue weighted by Gasteiger charge is -2.30. The maximum Gasteiger partial charge on any atom is 0.241 e. The summed E-state index contributed by atoms with van der Waals surface area (Å²) in [6.45, 7) is 6.42. The molecule has 0 spiro atoms. The number of carbonyl (C=O) groups excluding carboxylic acids is 2. The first-order valence-corrected chi connectivity index (χ1v) is 8.77. The molecule has 0 saturated heterocycles. The SMILES string of the molecule is CN(CC(=O)NC(C)(C)C)CC(=O)N(C1=CCCCC1)C1CC1. The Balaban J connectivity index is 1.88. The van der Waals surface area contributed by atoms with Crippen molar-refractivity contribution >= 4 is 11.8 Å². The van der Waals surface area contributed by atoms with Crippen LogP contribution in [0, 0.1) is 0 Å². The number of hydrogen-bond acceptors (Lipinski definition) is 3. The van der Waals surface area contributed by atoms with Crippen molar-refractivity contribution in [1.82, 2.24) is 15.1 Å². The number of likely N-dealkylation sites (N-methyl/N-ethyl adjacent to an activating group) is 1. The van der Waals surface area contributed by atoms with Gasteiger partial charge in [-0.1, -0.05) is 6.08 Å². The second kappa shape index (κ2) is 7.47. The van der Waals surface area contributed by atoms with E-state index in [0.29, 0.717) is 12.6 Å². The molecule has 2 rings (SSSR count). The van der Waals surface area contributed by atoms with Crippen molar-refractivity contribution in [2.24, 2.45) is 0 Å². The van der Waals surface area contributed by atoms with E-state index in [1.165, 1.54) is 18.5 Å². The van der Waals surface area contributed by atoms with Crippen LogP contribution in [0.3, 0.4) is 0 Å². The first-order chi connectivity index (χ1) is 10.8. The number of hydrogen-bond donors (Lipinski definition) is 1. The van der Waals surface area contributed by atoms with Crippen LogP contribution in [0.4, 0.5) is 0 Å². The van der Waals surface area contributed by atoms with Crippen LogP contribution in [-0.4, -0.2) is 53.3 Å². The highest BCUT2D eigenvalue weighted by atomic mass is 16.2. The summed E-state index contributed by atoms with van der Waals surface area (Å²) < 4.78 is 0. The first-order valence-electron chi connectivity index (χ1n) is 8.77. The first kappa shape index (κ1) is 18.0. The van der Waals surface area contributed by atoms with Crippen molar-refractivity contribution < 1.29 is 9.59 Å². The molecule has 2 amide bonds. The zero-order chi connectivity index (χ0) is 17.0. The minimum Gasteiger partial charge on any atom is -0.350 e. The summed E-state index contributed by atoms with van der Waals surface area (Å²) >= 11 is 0. The van der Waals surface area contributed by atoms with Crippen molar-refractivity contribution in [3.05, 3.63) is 11.8 Å². The Bertz CT molecular complexity index is 475. The Morgan fingerprint density at radius 3 is 2.43 bits per heavy atom. The highest BCUT2D eigenvalue weighted by molar-refractivity contribution is 5.83. The van der Waals surface area contributed by atoms with Crippen LogP contribution in [0.15, 0.2) is 11.8 Å². The Morgan fingerprint density at radius 1 is 1.22 bits per heavy atom. The fourth-order valence-corrected chi connectivity index (χ4v) is 3.04. The second-order valence-electron chi connectivity index (χ2n) is 7.91. The number of carbonyl (C=O) groups is 2. The molecule has 2 aliphatic rings. The lowest BCUT2D eigenvalue weighted by Crippen LogP contribution is -2.47.